The summed E-state index contributed by atoms with van der Waals surface area (Å²) in [4.78, 5) is 4.15. The zero-order chi connectivity index (χ0) is 10.6. The van der Waals surface area contributed by atoms with Crippen LogP contribution < -0.4 is 5.32 Å². The summed E-state index contributed by atoms with van der Waals surface area (Å²) < 4.78 is 16.0. The van der Waals surface area contributed by atoms with Crippen molar-refractivity contribution in [2.45, 2.75) is 0 Å². The number of hydrogen-bond donors (Lipinski definition) is 1. The molecule has 0 fully saturated rings. The van der Waals surface area contributed by atoms with Gasteiger partial charge in [-0.15, -0.1) is 0 Å². The second-order valence-corrected chi connectivity index (χ2v) is 3.14. The topological polar surface area (TPSA) is 52.1 Å². The molecule has 1 aliphatic rings. The summed E-state index contributed by atoms with van der Waals surface area (Å²) in [6.45, 7) is 6.37. The minimum Gasteiger partial charge on any atom is -0.378 e. The van der Waals surface area contributed by atoms with Gasteiger partial charge in [0.1, 0.15) is 0 Å². The van der Waals surface area contributed by atoms with Gasteiger partial charge >= 0.3 is 0 Å². The van der Waals surface area contributed by atoms with Crippen molar-refractivity contribution in [3.05, 3.63) is 0 Å². The number of ether oxygens (including phenoxy) is 3. The Bertz CT molecular complexity index is 149. The van der Waals surface area contributed by atoms with Gasteiger partial charge in [0.2, 0.25) is 0 Å². The molecule has 88 valence electrons. The van der Waals surface area contributed by atoms with Gasteiger partial charge in [-0.2, -0.15) is 0 Å². The van der Waals surface area contributed by atoms with Crippen molar-refractivity contribution in [1.82, 2.24) is 5.32 Å². The molecule has 0 aromatic carbocycles. The van der Waals surface area contributed by atoms with Crippen LogP contribution in [0.2, 0.25) is 0 Å². The summed E-state index contributed by atoms with van der Waals surface area (Å²) in [6.07, 6.45) is 1.79. The fourth-order valence-corrected chi connectivity index (χ4v) is 1.13. The zero-order valence-electron chi connectivity index (χ0n) is 9.11. The fraction of sp³-hybridized carbons (Fsp3) is 0.900. The van der Waals surface area contributed by atoms with Crippen molar-refractivity contribution in [2.24, 2.45) is 4.99 Å². The Balaban J connectivity index is 2.08. The summed E-state index contributed by atoms with van der Waals surface area (Å²) in [6, 6.07) is 0. The lowest BCUT2D eigenvalue weighted by Gasteiger charge is -2.05. The Labute approximate surface area is 90.8 Å². The first kappa shape index (κ1) is 12.6. The molecule has 0 bridgehead atoms. The van der Waals surface area contributed by atoms with Crippen LogP contribution in [-0.4, -0.2) is 65.5 Å². The Morgan fingerprint density at radius 3 is 2.47 bits per heavy atom. The highest BCUT2D eigenvalue weighted by Gasteiger charge is 1.92. The van der Waals surface area contributed by atoms with Gasteiger partial charge in [0.25, 0.3) is 0 Å². The molecule has 0 radical (unpaired) electrons. The molecule has 15 heavy (non-hydrogen) atoms. The van der Waals surface area contributed by atoms with Crippen LogP contribution in [0.5, 0.6) is 0 Å². The standard InChI is InChI=1S/C10H20N2O3/c1-5-13-6-2-12-4-8-15-10-9-14-7-3-11-1/h1,12H,2-10H2/b11-1+. The van der Waals surface area contributed by atoms with E-state index >= 15 is 0 Å². The highest BCUT2D eigenvalue weighted by Crippen LogP contribution is 1.81. The van der Waals surface area contributed by atoms with E-state index in [9.17, 15) is 0 Å². The van der Waals surface area contributed by atoms with Crippen molar-refractivity contribution in [2.75, 3.05) is 59.3 Å². The number of nitrogens with one attached hydrogen (secondary N) is 1. The first-order valence-corrected chi connectivity index (χ1v) is 5.42. The molecule has 0 aromatic heterocycles. The number of aliphatic imine (C=N–C) groups is 1. The van der Waals surface area contributed by atoms with Crippen LogP contribution in [0.15, 0.2) is 4.99 Å². The van der Waals surface area contributed by atoms with E-state index in [2.05, 4.69) is 10.3 Å². The highest BCUT2D eigenvalue weighted by molar-refractivity contribution is 5.58. The lowest BCUT2D eigenvalue weighted by Crippen LogP contribution is -2.24. The third-order valence-corrected chi connectivity index (χ3v) is 1.90. The molecule has 5 nitrogen and oxygen atoms in total. The van der Waals surface area contributed by atoms with E-state index in [1.807, 2.05) is 0 Å². The molecule has 1 heterocycles. The van der Waals surface area contributed by atoms with Gasteiger partial charge in [-0.3, -0.25) is 4.99 Å². The molecular formula is C10H20N2O3. The van der Waals surface area contributed by atoms with Gasteiger partial charge in [0.15, 0.2) is 0 Å². The molecule has 0 aromatic rings. The van der Waals surface area contributed by atoms with Crippen LogP contribution in [-0.2, 0) is 14.2 Å². The van der Waals surface area contributed by atoms with E-state index in [4.69, 9.17) is 14.2 Å². The van der Waals surface area contributed by atoms with Gasteiger partial charge in [-0.05, 0) is 0 Å². The number of rotatable bonds is 0. The van der Waals surface area contributed by atoms with Crippen LogP contribution in [0.25, 0.3) is 0 Å². The van der Waals surface area contributed by atoms with Gasteiger partial charge in [0, 0.05) is 19.3 Å². The summed E-state index contributed by atoms with van der Waals surface area (Å²) in [5.41, 5.74) is 0. The van der Waals surface area contributed by atoms with Crippen molar-refractivity contribution < 1.29 is 14.2 Å². The highest BCUT2D eigenvalue weighted by atomic mass is 16.5. The van der Waals surface area contributed by atoms with Gasteiger partial charge in [0.05, 0.1) is 46.2 Å². The molecule has 1 aliphatic heterocycles. The molecule has 5 heteroatoms. The van der Waals surface area contributed by atoms with E-state index < -0.39 is 0 Å². The minimum absolute atomic E-state index is 0.582. The van der Waals surface area contributed by atoms with Crippen LogP contribution >= 0.6 is 0 Å². The summed E-state index contributed by atoms with van der Waals surface area (Å²) in [5.74, 6) is 0. The third-order valence-electron chi connectivity index (χ3n) is 1.90. The van der Waals surface area contributed by atoms with E-state index in [1.165, 1.54) is 0 Å². The van der Waals surface area contributed by atoms with Crippen molar-refractivity contribution in [3.63, 3.8) is 0 Å². The van der Waals surface area contributed by atoms with Crippen LogP contribution in [0.4, 0.5) is 0 Å². The average molecular weight is 216 g/mol. The summed E-state index contributed by atoms with van der Waals surface area (Å²) >= 11 is 0. The van der Waals surface area contributed by atoms with Crippen LogP contribution in [0.1, 0.15) is 0 Å². The number of hydrogen-bond acceptors (Lipinski definition) is 5. The second kappa shape index (κ2) is 10.0. The summed E-state index contributed by atoms with van der Waals surface area (Å²) in [7, 11) is 0. The maximum atomic E-state index is 5.34. The molecule has 0 spiro atoms. The predicted octanol–water partition coefficient (Wildman–Crippen LogP) is -0.290. The Kier molecular flexibility index (Phi) is 8.42. The molecule has 0 atom stereocenters. The number of nitrogens with zero attached hydrogens (tertiary/aromatic N) is 1. The predicted molar refractivity (Wildman–Crippen MR) is 58.7 cm³/mol. The molecule has 0 aliphatic carbocycles. The molecule has 1 N–H and O–H groups in total. The summed E-state index contributed by atoms with van der Waals surface area (Å²) in [5, 5.41) is 3.22. The lowest BCUT2D eigenvalue weighted by molar-refractivity contribution is 0.0517. The molecule has 0 saturated carbocycles. The van der Waals surface area contributed by atoms with Crippen molar-refractivity contribution in [3.8, 4) is 0 Å². The quantitative estimate of drug-likeness (QED) is 0.604. The monoisotopic (exact) mass is 216 g/mol. The van der Waals surface area contributed by atoms with Crippen LogP contribution in [0, 0.1) is 0 Å². The zero-order valence-corrected chi connectivity index (χ0v) is 9.11. The SMILES string of the molecule is C1=N/CCOCCOCCNCCOC/1. The maximum absolute atomic E-state index is 5.34. The Morgan fingerprint density at radius 1 is 0.867 bits per heavy atom. The van der Waals surface area contributed by atoms with Gasteiger partial charge < -0.3 is 19.5 Å². The first-order valence-electron chi connectivity index (χ1n) is 5.42. The van der Waals surface area contributed by atoms with E-state index in [-0.39, 0.29) is 0 Å². The van der Waals surface area contributed by atoms with E-state index in [0.717, 1.165) is 19.7 Å². The maximum Gasteiger partial charge on any atom is 0.0814 e. The third kappa shape index (κ3) is 8.50. The van der Waals surface area contributed by atoms with E-state index in [1.54, 1.807) is 6.21 Å². The van der Waals surface area contributed by atoms with E-state index in [0.29, 0.717) is 39.6 Å². The molecular weight excluding hydrogens is 196 g/mol. The van der Waals surface area contributed by atoms with Crippen molar-refractivity contribution in [1.29, 1.82) is 0 Å². The fourth-order valence-electron chi connectivity index (χ4n) is 1.13. The van der Waals surface area contributed by atoms with Gasteiger partial charge in [-0.1, -0.05) is 0 Å². The Morgan fingerprint density at radius 2 is 1.60 bits per heavy atom. The molecule has 0 amide bonds. The second-order valence-electron chi connectivity index (χ2n) is 3.14. The van der Waals surface area contributed by atoms with Crippen molar-refractivity contribution >= 4 is 6.21 Å². The van der Waals surface area contributed by atoms with Gasteiger partial charge in [-0.25, -0.2) is 0 Å². The molecule has 0 unspecified atom stereocenters. The molecule has 1 rings (SSSR count). The van der Waals surface area contributed by atoms with Crippen LogP contribution in [0.3, 0.4) is 0 Å². The Hall–Kier alpha value is -0.490. The minimum atomic E-state index is 0.582. The first-order chi connectivity index (χ1) is 7.50. The lowest BCUT2D eigenvalue weighted by atomic mass is 10.6. The average Bonchev–Trinajstić information content (AvgIpc) is 2.27. The normalized spacial score (nSPS) is 25.1. The smallest absolute Gasteiger partial charge is 0.0814 e. The largest absolute Gasteiger partial charge is 0.378 e. The molecule has 0 saturated heterocycles.